The number of carbonyl (C=O) groups excluding carboxylic acids is 1. The van der Waals surface area contributed by atoms with Gasteiger partial charge in [0.1, 0.15) is 5.75 Å². The highest BCUT2D eigenvalue weighted by molar-refractivity contribution is 6.43. The van der Waals surface area contributed by atoms with Gasteiger partial charge >= 0.3 is 5.97 Å². The molecule has 1 saturated heterocycles. The molecule has 2 aromatic carbocycles. The Morgan fingerprint density at radius 1 is 0.778 bits per heavy atom. The molecule has 2 aliphatic rings. The van der Waals surface area contributed by atoms with E-state index in [1.807, 2.05) is 30.3 Å². The van der Waals surface area contributed by atoms with Gasteiger partial charge in [0.05, 0.1) is 28.0 Å². The zero-order chi connectivity index (χ0) is 38.1. The Bertz CT molecular complexity index is 1590. The Morgan fingerprint density at radius 2 is 1.46 bits per heavy atom. The number of aliphatic imine (C=N–C) groups is 1. The quantitative estimate of drug-likeness (QED) is 0.0485. The third kappa shape index (κ3) is 16.7. The molecule has 0 unspecified atom stereocenters. The second-order valence-corrected chi connectivity index (χ2v) is 14.3. The zero-order valence-electron chi connectivity index (χ0n) is 32.1. The van der Waals surface area contributed by atoms with Crippen LogP contribution in [-0.2, 0) is 20.7 Å². The maximum absolute atomic E-state index is 12.2. The van der Waals surface area contributed by atoms with Gasteiger partial charge in [-0.25, -0.2) is 4.99 Å². The molecule has 1 fully saturated rings. The van der Waals surface area contributed by atoms with Crippen molar-refractivity contribution in [2.45, 2.75) is 90.4 Å². The van der Waals surface area contributed by atoms with Crippen LogP contribution in [0.1, 0.15) is 89.5 Å². The summed E-state index contributed by atoms with van der Waals surface area (Å²) in [5.74, 6) is 1.13. The van der Waals surface area contributed by atoms with Gasteiger partial charge in [-0.15, -0.1) is 0 Å². The lowest BCUT2D eigenvalue weighted by Crippen LogP contribution is -2.46. The number of piperazine rings is 1. The van der Waals surface area contributed by atoms with Crippen LogP contribution in [0.5, 0.6) is 5.75 Å². The van der Waals surface area contributed by atoms with Crippen molar-refractivity contribution < 1.29 is 19.0 Å². The van der Waals surface area contributed by atoms with Crippen LogP contribution in [0.25, 0.3) is 0 Å². The van der Waals surface area contributed by atoms with E-state index in [9.17, 15) is 4.79 Å². The molecule has 0 atom stereocenters. The fourth-order valence-electron chi connectivity index (χ4n) is 6.15. The third-order valence-corrected chi connectivity index (χ3v) is 10.1. The van der Waals surface area contributed by atoms with Gasteiger partial charge in [-0.3, -0.25) is 9.69 Å². The lowest BCUT2D eigenvalue weighted by molar-refractivity contribution is -0.151. The minimum atomic E-state index is -0.255. The second kappa shape index (κ2) is 26.1. The molecule has 0 aliphatic carbocycles. The van der Waals surface area contributed by atoms with E-state index in [0.717, 1.165) is 113 Å². The van der Waals surface area contributed by atoms with Crippen molar-refractivity contribution in [3.63, 3.8) is 0 Å². The molecule has 0 aromatic heterocycles. The molecule has 0 N–H and O–H groups in total. The number of allylic oxidation sites excluding steroid dienone is 10. The number of halogens is 2. The number of unbranched alkanes of at least 4 members (excludes halogenated alkanes) is 3. The molecule has 2 aromatic rings. The van der Waals surface area contributed by atoms with Crippen molar-refractivity contribution in [3.8, 4) is 5.75 Å². The highest BCUT2D eigenvalue weighted by Crippen LogP contribution is 2.33. The third-order valence-electron chi connectivity index (χ3n) is 9.27. The molecular weight excluding hydrogens is 717 g/mol. The summed E-state index contributed by atoms with van der Waals surface area (Å²) in [6, 6.07) is 11.9. The predicted molar refractivity (Wildman–Crippen MR) is 227 cm³/mol. The summed E-state index contributed by atoms with van der Waals surface area (Å²) in [7, 11) is 0. The number of fused-ring (bicyclic) bond motifs is 1. The van der Waals surface area contributed by atoms with Crippen LogP contribution >= 0.6 is 23.2 Å². The number of hydrogen-bond acceptors (Lipinski definition) is 7. The Labute approximate surface area is 334 Å². The fourth-order valence-corrected chi connectivity index (χ4v) is 6.56. The monoisotopic (exact) mass is 775 g/mol. The van der Waals surface area contributed by atoms with Gasteiger partial charge in [0, 0.05) is 45.1 Å². The van der Waals surface area contributed by atoms with E-state index in [-0.39, 0.29) is 12.8 Å². The first-order valence-electron chi connectivity index (χ1n) is 19.8. The molecular formula is C45H59Cl2N3O4. The Morgan fingerprint density at radius 3 is 2.17 bits per heavy atom. The number of rotatable bonds is 23. The number of nitrogens with zero attached hydrogens (tertiary/aromatic N) is 3. The highest BCUT2D eigenvalue weighted by atomic mass is 35.5. The number of esters is 1. The first-order chi connectivity index (χ1) is 26.5. The minimum absolute atomic E-state index is 0.117. The lowest BCUT2D eigenvalue weighted by atomic mass is 10.0. The molecule has 7 nitrogen and oxygen atoms in total. The predicted octanol–water partition coefficient (Wildman–Crippen LogP) is 11.8. The van der Waals surface area contributed by atoms with Crippen LogP contribution in [0.2, 0.25) is 10.0 Å². The molecule has 0 amide bonds. The summed E-state index contributed by atoms with van der Waals surface area (Å²) in [6.45, 7) is 7.66. The minimum Gasteiger partial charge on any atom is -0.494 e. The summed E-state index contributed by atoms with van der Waals surface area (Å²) >= 11 is 12.6. The molecule has 2 heterocycles. The SMILES string of the molecule is CCCC=CCC=CCC=CCC=CCC=CCCCC(=O)OCOC1=Nc2cc(OCCCCN3CCN(c4cccc(Cl)c4Cl)CC3)ccc2CC1. The molecule has 292 valence electrons. The van der Waals surface area contributed by atoms with Crippen molar-refractivity contribution in [1.29, 1.82) is 0 Å². The molecule has 0 spiro atoms. The van der Waals surface area contributed by atoms with E-state index in [1.165, 1.54) is 12.8 Å². The van der Waals surface area contributed by atoms with E-state index in [4.69, 9.17) is 37.4 Å². The molecule has 0 radical (unpaired) electrons. The summed E-state index contributed by atoms with van der Waals surface area (Å²) in [4.78, 5) is 21.7. The molecule has 2 aliphatic heterocycles. The molecule has 0 bridgehead atoms. The maximum atomic E-state index is 12.2. The fraction of sp³-hybridized carbons (Fsp3) is 0.467. The van der Waals surface area contributed by atoms with E-state index in [2.05, 4.69) is 88.5 Å². The summed E-state index contributed by atoms with van der Waals surface area (Å²) < 4.78 is 17.1. The molecule has 9 heteroatoms. The summed E-state index contributed by atoms with van der Waals surface area (Å²) in [5.41, 5.74) is 3.03. The van der Waals surface area contributed by atoms with Gasteiger partial charge in [-0.2, -0.15) is 0 Å². The molecule has 54 heavy (non-hydrogen) atoms. The van der Waals surface area contributed by atoms with Crippen molar-refractivity contribution in [2.24, 2.45) is 4.99 Å². The summed E-state index contributed by atoms with van der Waals surface area (Å²) in [6.07, 6.45) is 33.7. The second-order valence-electron chi connectivity index (χ2n) is 13.5. The van der Waals surface area contributed by atoms with Gasteiger partial charge in [-0.05, 0) is 94.5 Å². The first kappa shape index (κ1) is 43.0. The van der Waals surface area contributed by atoms with Gasteiger partial charge in [-0.1, -0.05) is 109 Å². The number of aryl methyl sites for hydroxylation is 1. The van der Waals surface area contributed by atoms with E-state index < -0.39 is 0 Å². The maximum Gasteiger partial charge on any atom is 0.308 e. The Balaban J connectivity index is 1.01. The molecule has 0 saturated carbocycles. The number of benzene rings is 2. The smallest absolute Gasteiger partial charge is 0.308 e. The van der Waals surface area contributed by atoms with Crippen LogP contribution in [0.4, 0.5) is 11.4 Å². The average molecular weight is 777 g/mol. The van der Waals surface area contributed by atoms with Crippen LogP contribution in [0.3, 0.4) is 0 Å². The highest BCUT2D eigenvalue weighted by Gasteiger charge is 2.20. The first-order valence-corrected chi connectivity index (χ1v) is 20.6. The number of anilines is 1. The van der Waals surface area contributed by atoms with Crippen LogP contribution in [0.15, 0.2) is 102 Å². The lowest BCUT2D eigenvalue weighted by Gasteiger charge is -2.36. The van der Waals surface area contributed by atoms with E-state index in [1.54, 1.807) is 0 Å². The van der Waals surface area contributed by atoms with Crippen molar-refractivity contribution >= 4 is 46.4 Å². The molecule has 4 rings (SSSR count). The van der Waals surface area contributed by atoms with Crippen LogP contribution in [0, 0.1) is 0 Å². The normalized spacial score (nSPS) is 15.2. The van der Waals surface area contributed by atoms with Crippen LogP contribution in [-0.4, -0.2) is 62.9 Å². The van der Waals surface area contributed by atoms with Gasteiger partial charge < -0.3 is 19.1 Å². The Kier molecular flexibility index (Phi) is 20.8. The van der Waals surface area contributed by atoms with Gasteiger partial charge in [0.25, 0.3) is 0 Å². The number of ether oxygens (including phenoxy) is 3. The number of hydrogen-bond donors (Lipinski definition) is 0. The van der Waals surface area contributed by atoms with Crippen molar-refractivity contribution in [1.82, 2.24) is 4.90 Å². The average Bonchev–Trinajstić information content (AvgIpc) is 3.18. The topological polar surface area (TPSA) is 63.6 Å². The van der Waals surface area contributed by atoms with Gasteiger partial charge in [0.2, 0.25) is 6.79 Å². The van der Waals surface area contributed by atoms with E-state index in [0.29, 0.717) is 35.4 Å². The van der Waals surface area contributed by atoms with Crippen molar-refractivity contribution in [3.05, 3.63) is 113 Å². The van der Waals surface area contributed by atoms with Crippen molar-refractivity contribution in [2.75, 3.05) is 51.0 Å². The number of carbonyl (C=O) groups is 1. The zero-order valence-corrected chi connectivity index (χ0v) is 33.6. The van der Waals surface area contributed by atoms with Gasteiger partial charge in [0.15, 0.2) is 5.90 Å². The van der Waals surface area contributed by atoms with Crippen LogP contribution < -0.4 is 9.64 Å². The summed E-state index contributed by atoms with van der Waals surface area (Å²) in [5, 5.41) is 1.24. The largest absolute Gasteiger partial charge is 0.494 e. The Hall–Kier alpha value is -3.78. The van der Waals surface area contributed by atoms with E-state index >= 15 is 0 Å². The standard InChI is InChI=1S/C45H59Cl2N3O4/c1-2-3-4-5-6-7-8-9-10-11-12-13-14-15-16-17-18-19-25-44(51)54-37-53-43-29-27-38-26-28-39(36-41(38)48-43)52-35-21-20-30-49-31-33-50(34-32-49)42-24-22-23-40(46)45(42)47/h4-5,7-8,10-11,13-14,16-17,22-24,26,28,36H,2-3,6,9,12,15,18-21,25,27,29-35,37H2,1H3.